The number of hydrazone groups is 1. The fourth-order valence-electron chi connectivity index (χ4n) is 2.11. The highest BCUT2D eigenvalue weighted by atomic mass is 16.3. The number of aromatic amines is 1. The van der Waals surface area contributed by atoms with Gasteiger partial charge >= 0.3 is 0 Å². The predicted molar refractivity (Wildman–Crippen MR) is 85.5 cm³/mol. The standard InChI is InChI=1S/C16H12N4O3/c21-14-11-3-1-2-4-12(11)19-15(22)13(14)16(23)20-18-9-10-5-7-17-8-6-10/h1-9H,(H,20,23)(H2,19,21,22)/b18-9-. The number of hydrogen-bond donors (Lipinski definition) is 3. The van der Waals surface area contributed by atoms with Crippen LogP contribution in [-0.2, 0) is 0 Å². The number of fused-ring (bicyclic) bond motifs is 1. The number of pyridine rings is 2. The van der Waals surface area contributed by atoms with Crippen molar-refractivity contribution in [2.75, 3.05) is 0 Å². The molecule has 0 spiro atoms. The lowest BCUT2D eigenvalue weighted by molar-refractivity contribution is 0.0951. The predicted octanol–water partition coefficient (Wildman–Crippen LogP) is 1.39. The van der Waals surface area contributed by atoms with Crippen molar-refractivity contribution in [1.82, 2.24) is 15.4 Å². The Balaban J connectivity index is 1.89. The van der Waals surface area contributed by atoms with Crippen molar-refractivity contribution in [1.29, 1.82) is 0 Å². The van der Waals surface area contributed by atoms with Crippen molar-refractivity contribution >= 4 is 23.0 Å². The molecule has 7 heteroatoms. The van der Waals surface area contributed by atoms with E-state index in [-0.39, 0.29) is 11.3 Å². The van der Waals surface area contributed by atoms with E-state index < -0.39 is 11.5 Å². The Morgan fingerprint density at radius 3 is 2.74 bits per heavy atom. The molecule has 0 bridgehead atoms. The largest absolute Gasteiger partial charge is 0.506 e. The molecule has 2 aromatic heterocycles. The molecule has 0 aliphatic carbocycles. The average Bonchev–Trinajstić information content (AvgIpc) is 2.56. The maximum atomic E-state index is 12.1. The lowest BCUT2D eigenvalue weighted by Crippen LogP contribution is -2.26. The number of nitrogens with one attached hydrogen (secondary N) is 2. The van der Waals surface area contributed by atoms with Gasteiger partial charge in [0.15, 0.2) is 0 Å². The molecular weight excluding hydrogens is 296 g/mol. The lowest BCUT2D eigenvalue weighted by atomic mass is 10.1. The van der Waals surface area contributed by atoms with Gasteiger partial charge < -0.3 is 10.1 Å². The summed E-state index contributed by atoms with van der Waals surface area (Å²) in [5.41, 5.74) is 2.35. The van der Waals surface area contributed by atoms with Crippen molar-refractivity contribution < 1.29 is 9.90 Å². The molecule has 114 valence electrons. The Morgan fingerprint density at radius 1 is 1.22 bits per heavy atom. The van der Waals surface area contributed by atoms with Crippen molar-refractivity contribution in [3.8, 4) is 5.75 Å². The Labute approximate surface area is 130 Å². The number of hydrogen-bond acceptors (Lipinski definition) is 5. The highest BCUT2D eigenvalue weighted by Crippen LogP contribution is 2.24. The van der Waals surface area contributed by atoms with Crippen LogP contribution in [0.25, 0.3) is 10.9 Å². The van der Waals surface area contributed by atoms with Crippen LogP contribution >= 0.6 is 0 Å². The first kappa shape index (κ1) is 14.5. The summed E-state index contributed by atoms with van der Waals surface area (Å²) < 4.78 is 0. The number of carbonyl (C=O) groups is 1. The van der Waals surface area contributed by atoms with Gasteiger partial charge in [-0.3, -0.25) is 14.6 Å². The SMILES string of the molecule is O=C(N/N=C\c1ccncc1)c1c(O)c2ccccc2[nH]c1=O. The van der Waals surface area contributed by atoms with Gasteiger partial charge in [0.2, 0.25) is 0 Å². The van der Waals surface area contributed by atoms with E-state index in [1.807, 2.05) is 0 Å². The van der Waals surface area contributed by atoms with Crippen molar-refractivity contribution in [2.24, 2.45) is 5.10 Å². The zero-order valence-corrected chi connectivity index (χ0v) is 11.9. The summed E-state index contributed by atoms with van der Waals surface area (Å²) in [5, 5.41) is 14.3. The molecule has 0 unspecified atom stereocenters. The van der Waals surface area contributed by atoms with Crippen molar-refractivity contribution in [2.45, 2.75) is 0 Å². The molecule has 23 heavy (non-hydrogen) atoms. The molecular formula is C16H12N4O3. The van der Waals surface area contributed by atoms with Crippen LogP contribution in [0.1, 0.15) is 15.9 Å². The molecule has 0 fully saturated rings. The maximum Gasteiger partial charge on any atom is 0.280 e. The van der Waals surface area contributed by atoms with E-state index in [1.54, 1.807) is 48.8 Å². The second kappa shape index (κ2) is 6.10. The quantitative estimate of drug-likeness (QED) is 0.502. The minimum Gasteiger partial charge on any atom is -0.506 e. The molecule has 7 nitrogen and oxygen atoms in total. The molecule has 1 aromatic carbocycles. The maximum absolute atomic E-state index is 12.1. The first-order chi connectivity index (χ1) is 11.2. The summed E-state index contributed by atoms with van der Waals surface area (Å²) in [6.45, 7) is 0. The van der Waals surface area contributed by atoms with Crippen molar-refractivity contribution in [3.63, 3.8) is 0 Å². The Kier molecular flexibility index (Phi) is 3.84. The van der Waals surface area contributed by atoms with Gasteiger partial charge in [-0.1, -0.05) is 12.1 Å². The highest BCUT2D eigenvalue weighted by molar-refractivity contribution is 6.02. The van der Waals surface area contributed by atoms with Crippen LogP contribution in [-0.4, -0.2) is 27.2 Å². The molecule has 0 saturated carbocycles. The monoisotopic (exact) mass is 308 g/mol. The topological polar surface area (TPSA) is 107 Å². The van der Waals surface area contributed by atoms with Gasteiger partial charge in [0, 0.05) is 17.8 Å². The fraction of sp³-hybridized carbons (Fsp3) is 0. The minimum atomic E-state index is -0.792. The fourth-order valence-corrected chi connectivity index (χ4v) is 2.11. The molecule has 3 rings (SSSR count). The van der Waals surface area contributed by atoms with Gasteiger partial charge in [-0.05, 0) is 29.8 Å². The van der Waals surface area contributed by atoms with E-state index >= 15 is 0 Å². The highest BCUT2D eigenvalue weighted by Gasteiger charge is 2.18. The Bertz CT molecular complexity index is 948. The summed E-state index contributed by atoms with van der Waals surface area (Å²) in [4.78, 5) is 30.5. The van der Waals surface area contributed by atoms with E-state index in [2.05, 4.69) is 20.5 Å². The summed E-state index contributed by atoms with van der Waals surface area (Å²) in [7, 11) is 0. The Hall–Kier alpha value is -3.48. The Morgan fingerprint density at radius 2 is 1.96 bits per heavy atom. The van der Waals surface area contributed by atoms with Crippen LogP contribution in [0.15, 0.2) is 58.7 Å². The molecule has 0 atom stereocenters. The molecule has 3 aromatic rings. The van der Waals surface area contributed by atoms with E-state index in [0.717, 1.165) is 5.56 Å². The third-order valence-corrected chi connectivity index (χ3v) is 3.21. The van der Waals surface area contributed by atoms with Gasteiger partial charge in [0.05, 0.1) is 11.7 Å². The molecule has 2 heterocycles. The minimum absolute atomic E-state index is 0.374. The van der Waals surface area contributed by atoms with E-state index in [9.17, 15) is 14.7 Å². The second-order valence-corrected chi connectivity index (χ2v) is 4.70. The second-order valence-electron chi connectivity index (χ2n) is 4.70. The summed E-state index contributed by atoms with van der Waals surface area (Å²) in [6, 6.07) is 10.1. The first-order valence-corrected chi connectivity index (χ1v) is 6.74. The smallest absolute Gasteiger partial charge is 0.280 e. The zero-order valence-electron chi connectivity index (χ0n) is 11.9. The molecule has 0 saturated heterocycles. The van der Waals surface area contributed by atoms with E-state index in [1.165, 1.54) is 6.21 Å². The van der Waals surface area contributed by atoms with Crippen LogP contribution in [0.2, 0.25) is 0 Å². The molecule has 0 aliphatic heterocycles. The number of H-pyrrole nitrogens is 1. The number of aromatic nitrogens is 2. The zero-order chi connectivity index (χ0) is 16.2. The molecule has 0 aliphatic rings. The van der Waals surface area contributed by atoms with Crippen LogP contribution in [0, 0.1) is 0 Å². The normalized spacial score (nSPS) is 11.0. The summed E-state index contributed by atoms with van der Waals surface area (Å²) >= 11 is 0. The number of aromatic hydroxyl groups is 1. The van der Waals surface area contributed by atoms with Gasteiger partial charge in [0.25, 0.3) is 11.5 Å². The molecule has 0 radical (unpaired) electrons. The van der Waals surface area contributed by atoms with Crippen LogP contribution in [0.4, 0.5) is 0 Å². The molecule has 1 amide bonds. The van der Waals surface area contributed by atoms with Gasteiger partial charge in [0.1, 0.15) is 11.3 Å². The number of para-hydroxylation sites is 1. The third kappa shape index (κ3) is 2.93. The van der Waals surface area contributed by atoms with Crippen LogP contribution in [0.5, 0.6) is 5.75 Å². The number of amides is 1. The van der Waals surface area contributed by atoms with Crippen LogP contribution in [0.3, 0.4) is 0 Å². The number of carbonyl (C=O) groups excluding carboxylic acids is 1. The first-order valence-electron chi connectivity index (χ1n) is 6.74. The van der Waals surface area contributed by atoms with Crippen LogP contribution < -0.4 is 11.0 Å². The number of rotatable bonds is 3. The van der Waals surface area contributed by atoms with E-state index in [0.29, 0.717) is 10.9 Å². The third-order valence-electron chi connectivity index (χ3n) is 3.21. The van der Waals surface area contributed by atoms with Gasteiger partial charge in [-0.25, -0.2) is 5.43 Å². The summed E-state index contributed by atoms with van der Waals surface area (Å²) in [5.74, 6) is -1.17. The average molecular weight is 308 g/mol. The number of nitrogens with zero attached hydrogens (tertiary/aromatic N) is 2. The van der Waals surface area contributed by atoms with Gasteiger partial charge in [-0.15, -0.1) is 0 Å². The van der Waals surface area contributed by atoms with Crippen molar-refractivity contribution in [3.05, 3.63) is 70.3 Å². The van der Waals surface area contributed by atoms with Gasteiger partial charge in [-0.2, -0.15) is 5.10 Å². The number of benzene rings is 1. The summed E-state index contributed by atoms with van der Waals surface area (Å²) in [6.07, 6.45) is 4.58. The lowest BCUT2D eigenvalue weighted by Gasteiger charge is -2.05. The molecule has 3 N–H and O–H groups in total. The van der Waals surface area contributed by atoms with E-state index in [4.69, 9.17) is 0 Å².